The summed E-state index contributed by atoms with van der Waals surface area (Å²) in [5, 5.41) is 3.30. The topological polar surface area (TPSA) is 38.3 Å². The molecular weight excluding hydrogens is 318 g/mol. The van der Waals surface area contributed by atoms with Crippen molar-refractivity contribution in [2.75, 3.05) is 13.7 Å². The van der Waals surface area contributed by atoms with Gasteiger partial charge in [-0.1, -0.05) is 35.8 Å². The Morgan fingerprint density at radius 1 is 1.50 bits per heavy atom. The number of benzene rings is 1. The number of methoxy groups -OCH3 is 1. The molecule has 20 heavy (non-hydrogen) atoms. The second-order valence-corrected chi connectivity index (χ2v) is 6.57. The molecule has 1 aromatic rings. The Bertz CT molecular complexity index is 549. The summed E-state index contributed by atoms with van der Waals surface area (Å²) in [4.78, 5) is 12.2. The maximum absolute atomic E-state index is 12.2. The largest absolute Gasteiger partial charge is 0.497 e. The van der Waals surface area contributed by atoms with Crippen molar-refractivity contribution >= 4 is 21.7 Å². The van der Waals surface area contributed by atoms with E-state index in [-0.39, 0.29) is 11.2 Å². The SMILES string of the molecule is COc1ccc(CC(=O)/C=C2\NCCC2(C)C)c(Br)c1. The number of hydrogen-bond acceptors (Lipinski definition) is 3. The highest BCUT2D eigenvalue weighted by molar-refractivity contribution is 9.10. The molecule has 0 amide bonds. The lowest BCUT2D eigenvalue weighted by atomic mass is 9.88. The van der Waals surface area contributed by atoms with E-state index in [1.165, 1.54) is 0 Å². The van der Waals surface area contributed by atoms with Crippen molar-refractivity contribution in [1.29, 1.82) is 0 Å². The zero-order valence-electron chi connectivity index (χ0n) is 12.1. The zero-order valence-corrected chi connectivity index (χ0v) is 13.7. The molecule has 0 radical (unpaired) electrons. The highest BCUT2D eigenvalue weighted by Crippen LogP contribution is 2.33. The van der Waals surface area contributed by atoms with Gasteiger partial charge in [-0.3, -0.25) is 4.79 Å². The predicted molar refractivity (Wildman–Crippen MR) is 83.9 cm³/mol. The van der Waals surface area contributed by atoms with E-state index in [4.69, 9.17) is 4.74 Å². The van der Waals surface area contributed by atoms with Gasteiger partial charge < -0.3 is 10.1 Å². The lowest BCUT2D eigenvalue weighted by Gasteiger charge is -2.18. The van der Waals surface area contributed by atoms with Gasteiger partial charge in [0.2, 0.25) is 0 Å². The Kier molecular flexibility index (Phi) is 4.53. The second kappa shape index (κ2) is 6.00. The molecule has 1 N–H and O–H groups in total. The standard InChI is InChI=1S/C16H20BrNO2/c1-16(2)6-7-18-15(16)9-12(19)8-11-4-5-13(20-3)10-14(11)17/h4-5,9-10,18H,6-8H2,1-3H3/b15-9-. The summed E-state index contributed by atoms with van der Waals surface area (Å²) in [5.74, 6) is 0.901. The molecular formula is C16H20BrNO2. The highest BCUT2D eigenvalue weighted by atomic mass is 79.9. The van der Waals surface area contributed by atoms with Crippen molar-refractivity contribution in [2.45, 2.75) is 26.7 Å². The van der Waals surface area contributed by atoms with E-state index in [2.05, 4.69) is 35.1 Å². The molecule has 108 valence electrons. The van der Waals surface area contributed by atoms with Gasteiger partial charge in [0, 0.05) is 34.6 Å². The summed E-state index contributed by atoms with van der Waals surface area (Å²) in [6, 6.07) is 5.68. The fourth-order valence-corrected chi connectivity index (χ4v) is 2.83. The molecule has 0 aliphatic carbocycles. The average Bonchev–Trinajstić information content (AvgIpc) is 2.71. The van der Waals surface area contributed by atoms with Crippen LogP contribution in [0.2, 0.25) is 0 Å². The van der Waals surface area contributed by atoms with E-state index in [1.54, 1.807) is 13.2 Å². The first-order valence-electron chi connectivity index (χ1n) is 6.74. The van der Waals surface area contributed by atoms with Gasteiger partial charge in [-0.15, -0.1) is 0 Å². The van der Waals surface area contributed by atoms with Gasteiger partial charge in [0.1, 0.15) is 5.75 Å². The van der Waals surface area contributed by atoms with Crippen LogP contribution in [0, 0.1) is 5.41 Å². The number of rotatable bonds is 4. The predicted octanol–water partition coefficient (Wildman–Crippen LogP) is 3.47. The summed E-state index contributed by atoms with van der Waals surface area (Å²) >= 11 is 3.48. The van der Waals surface area contributed by atoms with Crippen LogP contribution in [0.15, 0.2) is 34.4 Å². The molecule has 0 saturated carbocycles. The molecule has 1 heterocycles. The van der Waals surface area contributed by atoms with Gasteiger partial charge in [0.05, 0.1) is 7.11 Å². The fraction of sp³-hybridized carbons (Fsp3) is 0.438. The zero-order chi connectivity index (χ0) is 14.8. The molecule has 0 bridgehead atoms. The first-order valence-corrected chi connectivity index (χ1v) is 7.53. The van der Waals surface area contributed by atoms with Crippen LogP contribution in [0.3, 0.4) is 0 Å². The van der Waals surface area contributed by atoms with Gasteiger partial charge in [0.25, 0.3) is 0 Å². The Morgan fingerprint density at radius 3 is 2.80 bits per heavy atom. The second-order valence-electron chi connectivity index (χ2n) is 5.72. The first kappa shape index (κ1) is 15.1. The van der Waals surface area contributed by atoms with Crippen molar-refractivity contribution < 1.29 is 9.53 Å². The minimum atomic E-state index is 0.0762. The summed E-state index contributed by atoms with van der Waals surface area (Å²) in [5.41, 5.74) is 2.10. The van der Waals surface area contributed by atoms with Crippen molar-refractivity contribution in [3.05, 3.63) is 40.0 Å². The molecule has 0 spiro atoms. The van der Waals surface area contributed by atoms with Crippen LogP contribution >= 0.6 is 15.9 Å². The van der Waals surface area contributed by atoms with Crippen LogP contribution in [0.5, 0.6) is 5.75 Å². The number of carbonyl (C=O) groups is 1. The highest BCUT2D eigenvalue weighted by Gasteiger charge is 2.29. The number of hydrogen-bond donors (Lipinski definition) is 1. The fourth-order valence-electron chi connectivity index (χ4n) is 2.33. The Labute approximate surface area is 128 Å². The minimum Gasteiger partial charge on any atom is -0.497 e. The lowest BCUT2D eigenvalue weighted by molar-refractivity contribution is -0.114. The minimum absolute atomic E-state index is 0.0762. The van der Waals surface area contributed by atoms with Crippen molar-refractivity contribution in [1.82, 2.24) is 5.32 Å². The smallest absolute Gasteiger partial charge is 0.161 e. The van der Waals surface area contributed by atoms with E-state index in [1.807, 2.05) is 18.2 Å². The van der Waals surface area contributed by atoms with Gasteiger partial charge in [-0.25, -0.2) is 0 Å². The number of nitrogens with one attached hydrogen (secondary N) is 1. The summed E-state index contributed by atoms with van der Waals surface area (Å²) in [7, 11) is 1.63. The Balaban J connectivity index is 2.11. The number of allylic oxidation sites excluding steroid dienone is 2. The molecule has 0 unspecified atom stereocenters. The first-order chi connectivity index (χ1) is 9.42. The molecule has 1 fully saturated rings. The van der Waals surface area contributed by atoms with Gasteiger partial charge in [-0.05, 0) is 24.1 Å². The Morgan fingerprint density at radius 2 is 2.25 bits per heavy atom. The number of carbonyl (C=O) groups excluding carboxylic acids is 1. The summed E-state index contributed by atoms with van der Waals surface area (Å²) < 4.78 is 6.06. The molecule has 1 saturated heterocycles. The van der Waals surface area contributed by atoms with Crippen LogP contribution in [0.25, 0.3) is 0 Å². The molecule has 0 aromatic heterocycles. The van der Waals surface area contributed by atoms with Crippen LogP contribution < -0.4 is 10.1 Å². The third-order valence-electron chi connectivity index (χ3n) is 3.72. The molecule has 1 aliphatic heterocycles. The summed E-state index contributed by atoms with van der Waals surface area (Å²) in [6.45, 7) is 5.27. The van der Waals surface area contributed by atoms with Crippen LogP contribution in [0.1, 0.15) is 25.8 Å². The lowest BCUT2D eigenvalue weighted by Crippen LogP contribution is -2.16. The summed E-state index contributed by atoms with van der Waals surface area (Å²) in [6.07, 6.45) is 3.22. The molecule has 0 atom stereocenters. The van der Waals surface area contributed by atoms with E-state index in [0.717, 1.165) is 34.4 Å². The van der Waals surface area contributed by atoms with E-state index >= 15 is 0 Å². The van der Waals surface area contributed by atoms with Gasteiger partial charge in [0.15, 0.2) is 5.78 Å². The van der Waals surface area contributed by atoms with Crippen molar-refractivity contribution in [3.8, 4) is 5.75 Å². The average molecular weight is 338 g/mol. The molecule has 4 heteroatoms. The monoisotopic (exact) mass is 337 g/mol. The molecule has 2 rings (SSSR count). The van der Waals surface area contributed by atoms with E-state index in [0.29, 0.717) is 6.42 Å². The maximum Gasteiger partial charge on any atom is 0.161 e. The van der Waals surface area contributed by atoms with Gasteiger partial charge >= 0.3 is 0 Å². The van der Waals surface area contributed by atoms with Crippen LogP contribution in [0.4, 0.5) is 0 Å². The molecule has 1 aliphatic rings. The van der Waals surface area contributed by atoms with Crippen LogP contribution in [-0.4, -0.2) is 19.4 Å². The molecule has 1 aromatic carbocycles. The van der Waals surface area contributed by atoms with E-state index < -0.39 is 0 Å². The third kappa shape index (κ3) is 3.42. The van der Waals surface area contributed by atoms with E-state index in [9.17, 15) is 4.79 Å². The number of halogens is 1. The van der Waals surface area contributed by atoms with Crippen LogP contribution in [-0.2, 0) is 11.2 Å². The Hall–Kier alpha value is -1.29. The van der Waals surface area contributed by atoms with Crippen molar-refractivity contribution in [3.63, 3.8) is 0 Å². The quantitative estimate of drug-likeness (QED) is 0.855. The van der Waals surface area contributed by atoms with Crippen molar-refractivity contribution in [2.24, 2.45) is 5.41 Å². The normalized spacial score (nSPS) is 18.9. The third-order valence-corrected chi connectivity index (χ3v) is 4.46. The maximum atomic E-state index is 12.2. The van der Waals surface area contributed by atoms with Gasteiger partial charge in [-0.2, -0.15) is 0 Å². The molecule has 3 nitrogen and oxygen atoms in total. The number of ketones is 1. The number of ether oxygens (including phenoxy) is 1.